The summed E-state index contributed by atoms with van der Waals surface area (Å²) in [5, 5.41) is 3.53. The van der Waals surface area contributed by atoms with E-state index in [0.29, 0.717) is 24.0 Å². The van der Waals surface area contributed by atoms with Crippen molar-refractivity contribution in [1.82, 2.24) is 9.97 Å². The molecule has 0 radical (unpaired) electrons. The van der Waals surface area contributed by atoms with Crippen LogP contribution < -0.4 is 14.8 Å². The predicted octanol–water partition coefficient (Wildman–Crippen LogP) is 2.94. The lowest BCUT2D eigenvalue weighted by Gasteiger charge is -2.09. The van der Waals surface area contributed by atoms with Crippen molar-refractivity contribution in [2.75, 3.05) is 25.6 Å². The molecule has 0 fully saturated rings. The Balaban J connectivity index is 1.82. The second-order valence-corrected chi connectivity index (χ2v) is 4.55. The fraction of sp³-hybridized carbons (Fsp3) is 0.286. The van der Waals surface area contributed by atoms with Crippen LogP contribution in [0.5, 0.6) is 11.8 Å². The van der Waals surface area contributed by atoms with Crippen molar-refractivity contribution in [3.63, 3.8) is 0 Å². The minimum Gasteiger partial charge on any atom is -0.492 e. The smallest absolute Gasteiger partial charge is 0.318 e. The van der Waals surface area contributed by atoms with Gasteiger partial charge in [-0.15, -0.1) is 0 Å². The summed E-state index contributed by atoms with van der Waals surface area (Å²) >= 11 is 5.98. The van der Waals surface area contributed by atoms with E-state index in [4.69, 9.17) is 21.1 Å². The van der Waals surface area contributed by atoms with E-state index in [2.05, 4.69) is 15.3 Å². The Morgan fingerprint density at radius 2 is 2.00 bits per heavy atom. The molecule has 0 atom stereocenters. The number of nitrogens with zero attached hydrogens (tertiary/aromatic N) is 2. The van der Waals surface area contributed by atoms with Crippen molar-refractivity contribution in [2.24, 2.45) is 0 Å². The Bertz CT molecular complexity index is 561. The first kappa shape index (κ1) is 14.4. The molecule has 0 aliphatic rings. The van der Waals surface area contributed by atoms with Gasteiger partial charge >= 0.3 is 6.01 Å². The van der Waals surface area contributed by atoms with E-state index < -0.39 is 0 Å². The Morgan fingerprint density at radius 1 is 1.25 bits per heavy atom. The van der Waals surface area contributed by atoms with Gasteiger partial charge < -0.3 is 14.8 Å². The maximum Gasteiger partial charge on any atom is 0.318 e. The zero-order chi connectivity index (χ0) is 14.4. The van der Waals surface area contributed by atoms with Crippen molar-refractivity contribution in [3.8, 4) is 11.8 Å². The van der Waals surface area contributed by atoms with Crippen molar-refractivity contribution >= 4 is 17.4 Å². The lowest BCUT2D eigenvalue weighted by atomic mass is 10.2. The van der Waals surface area contributed by atoms with E-state index in [1.165, 1.54) is 18.9 Å². The van der Waals surface area contributed by atoms with Gasteiger partial charge in [-0.2, -0.15) is 4.98 Å². The van der Waals surface area contributed by atoms with Gasteiger partial charge in [0.05, 0.1) is 19.9 Å². The average molecular weight is 294 g/mol. The van der Waals surface area contributed by atoms with Gasteiger partial charge in [-0.1, -0.05) is 29.3 Å². The minimum absolute atomic E-state index is 0.274. The molecule has 1 aromatic heterocycles. The molecule has 0 aliphatic heterocycles. The first-order valence-electron chi connectivity index (χ1n) is 6.19. The molecule has 6 heteroatoms. The Kier molecular flexibility index (Phi) is 5.01. The number of aryl methyl sites for hydroxylation is 1. The van der Waals surface area contributed by atoms with Crippen LogP contribution in [0.2, 0.25) is 5.02 Å². The molecule has 0 aliphatic carbocycles. The largest absolute Gasteiger partial charge is 0.492 e. The number of rotatable bonds is 6. The van der Waals surface area contributed by atoms with Gasteiger partial charge in [-0.05, 0) is 19.1 Å². The van der Waals surface area contributed by atoms with Gasteiger partial charge in [0.25, 0.3) is 0 Å². The summed E-state index contributed by atoms with van der Waals surface area (Å²) < 4.78 is 10.5. The van der Waals surface area contributed by atoms with Crippen molar-refractivity contribution in [1.29, 1.82) is 0 Å². The predicted molar refractivity (Wildman–Crippen MR) is 78.8 cm³/mol. The van der Waals surface area contributed by atoms with Crippen LogP contribution in [0.15, 0.2) is 30.5 Å². The van der Waals surface area contributed by atoms with Crippen LogP contribution in [-0.4, -0.2) is 30.2 Å². The highest BCUT2D eigenvalue weighted by atomic mass is 35.5. The molecule has 2 rings (SSSR count). The fourth-order valence-corrected chi connectivity index (χ4v) is 1.70. The topological polar surface area (TPSA) is 56.3 Å². The number of ether oxygens (including phenoxy) is 2. The van der Waals surface area contributed by atoms with E-state index in [1.807, 2.05) is 31.2 Å². The molecule has 20 heavy (non-hydrogen) atoms. The summed E-state index contributed by atoms with van der Waals surface area (Å²) in [4.78, 5) is 8.02. The van der Waals surface area contributed by atoms with E-state index >= 15 is 0 Å². The van der Waals surface area contributed by atoms with Crippen molar-refractivity contribution in [3.05, 3.63) is 41.0 Å². The van der Waals surface area contributed by atoms with Crippen molar-refractivity contribution in [2.45, 2.75) is 6.92 Å². The number of aromatic nitrogens is 2. The van der Waals surface area contributed by atoms with Gasteiger partial charge in [0, 0.05) is 0 Å². The van der Waals surface area contributed by atoms with Gasteiger partial charge in [-0.25, -0.2) is 4.98 Å². The quantitative estimate of drug-likeness (QED) is 0.830. The molecule has 5 nitrogen and oxygen atoms in total. The molecule has 2 aromatic rings. The first-order chi connectivity index (χ1) is 9.69. The SMILES string of the molecule is COc1ncc(Cl)c(NCCOc2ccc(C)cc2)n1. The highest BCUT2D eigenvalue weighted by Gasteiger charge is 2.04. The Morgan fingerprint density at radius 3 is 2.70 bits per heavy atom. The van der Waals surface area contributed by atoms with Crippen LogP contribution in [0, 0.1) is 6.92 Å². The van der Waals surface area contributed by atoms with Crippen LogP contribution in [0.3, 0.4) is 0 Å². The number of halogens is 1. The number of methoxy groups -OCH3 is 1. The van der Waals surface area contributed by atoms with Crippen molar-refractivity contribution < 1.29 is 9.47 Å². The fourth-order valence-electron chi connectivity index (χ4n) is 1.55. The van der Waals surface area contributed by atoms with Crippen LogP contribution in [-0.2, 0) is 0 Å². The molecule has 0 bridgehead atoms. The molecule has 0 amide bonds. The second kappa shape index (κ2) is 6.96. The average Bonchev–Trinajstić information content (AvgIpc) is 2.47. The molecule has 0 saturated carbocycles. The summed E-state index contributed by atoms with van der Waals surface area (Å²) in [6, 6.07) is 8.17. The second-order valence-electron chi connectivity index (χ2n) is 4.14. The molecule has 106 valence electrons. The van der Waals surface area contributed by atoms with E-state index in [-0.39, 0.29) is 6.01 Å². The highest BCUT2D eigenvalue weighted by Crippen LogP contribution is 2.19. The van der Waals surface area contributed by atoms with Crippen LogP contribution in [0.25, 0.3) is 0 Å². The summed E-state index contributed by atoms with van der Waals surface area (Å²) in [7, 11) is 1.51. The zero-order valence-electron chi connectivity index (χ0n) is 11.4. The third-order valence-corrected chi connectivity index (χ3v) is 2.87. The standard InChI is InChI=1S/C14H16ClN3O2/c1-10-3-5-11(6-4-10)20-8-7-16-13-12(15)9-17-14(18-13)19-2/h3-6,9H,7-8H2,1-2H3,(H,16,17,18). The Hall–Kier alpha value is -2.01. The zero-order valence-corrected chi connectivity index (χ0v) is 12.1. The lowest BCUT2D eigenvalue weighted by molar-refractivity contribution is 0.332. The molecule has 1 aromatic carbocycles. The van der Waals surface area contributed by atoms with Crippen LogP contribution in [0.4, 0.5) is 5.82 Å². The van der Waals surface area contributed by atoms with E-state index in [1.54, 1.807) is 0 Å². The summed E-state index contributed by atoms with van der Waals surface area (Å²) in [5.41, 5.74) is 1.20. The third kappa shape index (κ3) is 3.99. The van der Waals surface area contributed by atoms with Gasteiger partial charge in [-0.3, -0.25) is 0 Å². The molecular formula is C14H16ClN3O2. The number of hydrogen-bond donors (Lipinski definition) is 1. The Labute approximate surface area is 122 Å². The molecule has 1 heterocycles. The first-order valence-corrected chi connectivity index (χ1v) is 6.56. The molecular weight excluding hydrogens is 278 g/mol. The number of anilines is 1. The summed E-state index contributed by atoms with van der Waals surface area (Å²) in [6.07, 6.45) is 1.50. The maximum atomic E-state index is 5.98. The van der Waals surface area contributed by atoms with Crippen LogP contribution in [0.1, 0.15) is 5.56 Å². The van der Waals surface area contributed by atoms with Gasteiger partial charge in [0.1, 0.15) is 17.4 Å². The summed E-state index contributed by atoms with van der Waals surface area (Å²) in [5.74, 6) is 1.37. The monoisotopic (exact) mass is 293 g/mol. The van der Waals surface area contributed by atoms with E-state index in [9.17, 15) is 0 Å². The van der Waals surface area contributed by atoms with Crippen LogP contribution >= 0.6 is 11.6 Å². The molecule has 0 saturated heterocycles. The van der Waals surface area contributed by atoms with Gasteiger partial charge in [0.2, 0.25) is 0 Å². The number of nitrogens with one attached hydrogen (secondary N) is 1. The van der Waals surface area contributed by atoms with Gasteiger partial charge in [0.15, 0.2) is 5.82 Å². The lowest BCUT2D eigenvalue weighted by Crippen LogP contribution is -2.13. The maximum absolute atomic E-state index is 5.98. The number of hydrogen-bond acceptors (Lipinski definition) is 5. The van der Waals surface area contributed by atoms with E-state index in [0.717, 1.165) is 5.75 Å². The minimum atomic E-state index is 0.274. The normalized spacial score (nSPS) is 10.2. The molecule has 0 unspecified atom stereocenters. The summed E-state index contributed by atoms with van der Waals surface area (Å²) in [6.45, 7) is 3.12. The third-order valence-electron chi connectivity index (χ3n) is 2.59. The highest BCUT2D eigenvalue weighted by molar-refractivity contribution is 6.32. The molecule has 1 N–H and O–H groups in total. The number of benzene rings is 1. The molecule has 0 spiro atoms.